The maximum Gasteiger partial charge on any atom is 0.0682 e. The van der Waals surface area contributed by atoms with Gasteiger partial charge in [0.2, 0.25) is 0 Å². The topological polar surface area (TPSA) is 25.2 Å². The van der Waals surface area contributed by atoms with Crippen LogP contribution in [0.5, 0.6) is 0 Å². The normalized spacial score (nSPS) is 11.0. The molecule has 0 aliphatic heterocycles. The fraction of sp³-hybridized carbons (Fsp3) is 0.0667. The summed E-state index contributed by atoms with van der Waals surface area (Å²) < 4.78 is 2.09. The van der Waals surface area contributed by atoms with Crippen molar-refractivity contribution in [1.29, 1.82) is 0 Å². The summed E-state index contributed by atoms with van der Waals surface area (Å²) in [5.74, 6) is 0. The van der Waals surface area contributed by atoms with E-state index in [0.29, 0.717) is 0 Å². The van der Waals surface area contributed by atoms with Gasteiger partial charge in [-0.2, -0.15) is 0 Å². The van der Waals surface area contributed by atoms with Crippen molar-refractivity contribution in [3.05, 3.63) is 65.3 Å². The molecular weight excluding hydrogens is 246 g/mol. The minimum atomic E-state index is 0.0573. The first-order valence-corrected chi connectivity index (χ1v) is 6.12. The van der Waals surface area contributed by atoms with Crippen LogP contribution in [-0.4, -0.2) is 9.67 Å². The van der Waals surface area contributed by atoms with Crippen LogP contribution in [0.15, 0.2) is 54.7 Å². The minimum Gasteiger partial charge on any atom is -0.392 e. The van der Waals surface area contributed by atoms with Crippen LogP contribution in [0.25, 0.3) is 16.6 Å². The molecule has 0 radical (unpaired) electrons. The molecule has 0 atom stereocenters. The van der Waals surface area contributed by atoms with E-state index in [-0.39, 0.29) is 6.61 Å². The predicted molar refractivity (Wildman–Crippen MR) is 74.2 cm³/mol. The molecule has 18 heavy (non-hydrogen) atoms. The Kier molecular flexibility index (Phi) is 2.82. The zero-order valence-corrected chi connectivity index (χ0v) is 10.4. The van der Waals surface area contributed by atoms with Crippen LogP contribution in [-0.2, 0) is 6.61 Å². The van der Waals surface area contributed by atoms with Gasteiger partial charge in [-0.25, -0.2) is 0 Å². The second-order valence-electron chi connectivity index (χ2n) is 4.21. The molecular formula is C15H12ClNO. The molecule has 0 amide bonds. The second-order valence-corrected chi connectivity index (χ2v) is 4.65. The third-order valence-corrected chi connectivity index (χ3v) is 3.30. The molecule has 0 bridgehead atoms. The van der Waals surface area contributed by atoms with Gasteiger partial charge in [0.25, 0.3) is 0 Å². The lowest BCUT2D eigenvalue weighted by atomic mass is 10.2. The Morgan fingerprint density at radius 2 is 1.78 bits per heavy atom. The van der Waals surface area contributed by atoms with Gasteiger partial charge in [0, 0.05) is 16.9 Å². The van der Waals surface area contributed by atoms with Gasteiger partial charge in [0.15, 0.2) is 0 Å². The van der Waals surface area contributed by atoms with E-state index in [9.17, 15) is 5.11 Å². The van der Waals surface area contributed by atoms with Crippen molar-refractivity contribution in [2.45, 2.75) is 6.61 Å². The van der Waals surface area contributed by atoms with Gasteiger partial charge in [0.05, 0.1) is 12.1 Å². The number of hydrogen-bond acceptors (Lipinski definition) is 1. The monoisotopic (exact) mass is 257 g/mol. The van der Waals surface area contributed by atoms with E-state index >= 15 is 0 Å². The van der Waals surface area contributed by atoms with Crippen molar-refractivity contribution in [1.82, 2.24) is 4.57 Å². The van der Waals surface area contributed by atoms with E-state index in [4.69, 9.17) is 11.6 Å². The van der Waals surface area contributed by atoms with E-state index in [0.717, 1.165) is 27.2 Å². The van der Waals surface area contributed by atoms with Crippen molar-refractivity contribution in [3.8, 4) is 5.69 Å². The summed E-state index contributed by atoms with van der Waals surface area (Å²) in [6.07, 6.45) is 2.02. The molecule has 0 saturated heterocycles. The molecule has 3 aromatic rings. The number of halogens is 1. The highest BCUT2D eigenvalue weighted by molar-refractivity contribution is 6.30. The zero-order chi connectivity index (χ0) is 12.5. The highest BCUT2D eigenvalue weighted by atomic mass is 35.5. The maximum absolute atomic E-state index is 9.21. The highest BCUT2D eigenvalue weighted by Crippen LogP contribution is 2.22. The van der Waals surface area contributed by atoms with Gasteiger partial charge in [0.1, 0.15) is 0 Å². The number of aromatic nitrogens is 1. The van der Waals surface area contributed by atoms with Crippen molar-refractivity contribution in [2.75, 3.05) is 0 Å². The third-order valence-electron chi connectivity index (χ3n) is 3.04. The van der Waals surface area contributed by atoms with E-state index < -0.39 is 0 Å². The molecule has 2 aromatic carbocycles. The average Bonchev–Trinajstić information content (AvgIpc) is 2.82. The van der Waals surface area contributed by atoms with Crippen molar-refractivity contribution in [3.63, 3.8) is 0 Å². The van der Waals surface area contributed by atoms with Crippen LogP contribution < -0.4 is 0 Å². The standard InChI is InChI=1S/C15H12ClNO/c16-13-3-5-14(6-4-13)17-8-7-12-2-1-11(10-18)9-15(12)17/h1-9,18H,10H2. The smallest absolute Gasteiger partial charge is 0.0682 e. The number of nitrogens with zero attached hydrogens (tertiary/aromatic N) is 1. The van der Waals surface area contributed by atoms with Crippen molar-refractivity contribution in [2.24, 2.45) is 0 Å². The summed E-state index contributed by atoms with van der Waals surface area (Å²) >= 11 is 5.90. The van der Waals surface area contributed by atoms with Crippen LogP contribution in [0.4, 0.5) is 0 Å². The van der Waals surface area contributed by atoms with Gasteiger partial charge >= 0.3 is 0 Å². The number of aliphatic hydroxyl groups excluding tert-OH is 1. The molecule has 0 saturated carbocycles. The molecule has 1 heterocycles. The van der Waals surface area contributed by atoms with Crippen LogP contribution >= 0.6 is 11.6 Å². The summed E-state index contributed by atoms with van der Waals surface area (Å²) in [6.45, 7) is 0.0573. The van der Waals surface area contributed by atoms with Gasteiger partial charge in [-0.3, -0.25) is 0 Å². The van der Waals surface area contributed by atoms with Gasteiger partial charge in [-0.15, -0.1) is 0 Å². The molecule has 90 valence electrons. The minimum absolute atomic E-state index is 0.0573. The molecule has 0 spiro atoms. The SMILES string of the molecule is OCc1ccc2ccn(-c3ccc(Cl)cc3)c2c1. The van der Waals surface area contributed by atoms with E-state index in [1.165, 1.54) is 0 Å². The third kappa shape index (κ3) is 1.90. The van der Waals surface area contributed by atoms with E-state index in [2.05, 4.69) is 10.6 Å². The first-order valence-electron chi connectivity index (χ1n) is 5.75. The average molecular weight is 258 g/mol. The quantitative estimate of drug-likeness (QED) is 0.743. The van der Waals surface area contributed by atoms with Crippen LogP contribution in [0, 0.1) is 0 Å². The fourth-order valence-corrected chi connectivity index (χ4v) is 2.23. The Bertz CT molecular complexity index is 685. The van der Waals surface area contributed by atoms with E-state index in [1.807, 2.05) is 48.7 Å². The van der Waals surface area contributed by atoms with Crippen molar-refractivity contribution >= 4 is 22.5 Å². The molecule has 0 unspecified atom stereocenters. The van der Waals surface area contributed by atoms with Gasteiger partial charge in [-0.1, -0.05) is 23.7 Å². The van der Waals surface area contributed by atoms with Crippen molar-refractivity contribution < 1.29 is 5.11 Å². The lowest BCUT2D eigenvalue weighted by Gasteiger charge is -2.06. The summed E-state index contributed by atoms with van der Waals surface area (Å²) in [5, 5.41) is 11.1. The Labute approximate surface area is 110 Å². The van der Waals surface area contributed by atoms with Crippen LogP contribution in [0.2, 0.25) is 5.02 Å². The molecule has 3 heteroatoms. The predicted octanol–water partition coefficient (Wildman–Crippen LogP) is 3.78. The number of aliphatic hydroxyl groups is 1. The second kappa shape index (κ2) is 4.48. The summed E-state index contributed by atoms with van der Waals surface area (Å²) in [4.78, 5) is 0. The lowest BCUT2D eigenvalue weighted by molar-refractivity contribution is 0.282. The van der Waals surface area contributed by atoms with Gasteiger partial charge < -0.3 is 9.67 Å². The lowest BCUT2D eigenvalue weighted by Crippen LogP contribution is -1.92. The molecule has 1 N–H and O–H groups in total. The molecule has 0 fully saturated rings. The number of rotatable bonds is 2. The molecule has 3 rings (SSSR count). The molecule has 0 aliphatic carbocycles. The first kappa shape index (κ1) is 11.3. The maximum atomic E-state index is 9.21. The van der Waals surface area contributed by atoms with E-state index in [1.54, 1.807) is 0 Å². The van der Waals surface area contributed by atoms with Crippen LogP contribution in [0.1, 0.15) is 5.56 Å². The molecule has 1 aromatic heterocycles. The first-order chi connectivity index (χ1) is 8.78. The summed E-state index contributed by atoms with van der Waals surface area (Å²) in [7, 11) is 0. The van der Waals surface area contributed by atoms with Gasteiger partial charge in [-0.05, 0) is 47.3 Å². The number of fused-ring (bicyclic) bond motifs is 1. The summed E-state index contributed by atoms with van der Waals surface area (Å²) in [6, 6.07) is 15.7. The Hall–Kier alpha value is -1.77. The summed E-state index contributed by atoms with van der Waals surface area (Å²) in [5.41, 5.74) is 3.06. The largest absolute Gasteiger partial charge is 0.392 e. The number of benzene rings is 2. The fourth-order valence-electron chi connectivity index (χ4n) is 2.10. The molecule has 2 nitrogen and oxygen atoms in total. The Morgan fingerprint density at radius 3 is 2.50 bits per heavy atom. The Morgan fingerprint density at radius 1 is 1.00 bits per heavy atom. The molecule has 0 aliphatic rings. The zero-order valence-electron chi connectivity index (χ0n) is 9.68. The van der Waals surface area contributed by atoms with Crippen LogP contribution in [0.3, 0.4) is 0 Å². The highest BCUT2D eigenvalue weighted by Gasteiger charge is 2.04. The Balaban J connectivity index is 2.19. The number of hydrogen-bond donors (Lipinski definition) is 1.